The van der Waals surface area contributed by atoms with Crippen molar-refractivity contribution in [2.24, 2.45) is 10.4 Å². The van der Waals surface area contributed by atoms with Gasteiger partial charge in [-0.1, -0.05) is 141 Å². The number of fused-ring (bicyclic) bond motifs is 3. The summed E-state index contributed by atoms with van der Waals surface area (Å²) in [7, 11) is 0. The van der Waals surface area contributed by atoms with Crippen LogP contribution in [-0.4, -0.2) is 21.5 Å². The Kier molecular flexibility index (Phi) is 9.85. The molecule has 0 saturated heterocycles. The monoisotopic (exact) mass is 870 g/mol. The number of pyridine rings is 1. The van der Waals surface area contributed by atoms with Gasteiger partial charge in [-0.05, 0) is 56.5 Å². The molecule has 3 heterocycles. The summed E-state index contributed by atoms with van der Waals surface area (Å²) in [6, 6.07) is 34.9. The molecule has 0 fully saturated rings. The van der Waals surface area contributed by atoms with E-state index in [0.29, 0.717) is 17.4 Å². The van der Waals surface area contributed by atoms with E-state index in [-0.39, 0.29) is 49.5 Å². The maximum atomic E-state index is 6.67. The number of hydrogen-bond acceptors (Lipinski definition) is 4. The Morgan fingerprint density at radius 2 is 1.42 bits per heavy atom. The molecule has 6 heteroatoms. The summed E-state index contributed by atoms with van der Waals surface area (Å²) in [5.74, 6) is 2.69. The van der Waals surface area contributed by atoms with Crippen LogP contribution >= 0.6 is 0 Å². The van der Waals surface area contributed by atoms with Crippen LogP contribution in [0, 0.1) is 31.4 Å². The predicted molar refractivity (Wildman–Crippen MR) is 210 cm³/mol. The van der Waals surface area contributed by atoms with Gasteiger partial charge in [-0.25, -0.2) is 4.98 Å². The molecule has 0 spiro atoms. The number of aryl methyl sites for hydroxylation is 2. The number of nitrogens with zero attached hydrogens (tertiary/aromatic N) is 3. The van der Waals surface area contributed by atoms with Gasteiger partial charge >= 0.3 is 21.1 Å². The Labute approximate surface area is 323 Å². The SMILES string of the molecule is Cc1cc(C)c(C2=N[C@H](C(C)(C)C)[C@H](c3ccccc3)O2)[c-]c1Oc1[c-]c2c(cc1)c1cc(C(C)(C)C)ccc1n2-c1cc(C(C)(C)C)ccn1.[Pt+2]. The van der Waals surface area contributed by atoms with Crippen molar-refractivity contribution in [1.82, 2.24) is 9.55 Å². The summed E-state index contributed by atoms with van der Waals surface area (Å²) in [5, 5.41) is 2.27. The molecule has 0 radical (unpaired) electrons. The third-order valence-electron chi connectivity index (χ3n) is 10.0. The van der Waals surface area contributed by atoms with E-state index in [1.165, 1.54) is 16.5 Å². The zero-order valence-corrected chi connectivity index (χ0v) is 34.5. The maximum absolute atomic E-state index is 6.67. The minimum atomic E-state index is -0.179. The number of hydrogen-bond donors (Lipinski definition) is 0. The van der Waals surface area contributed by atoms with Gasteiger partial charge in [0.25, 0.3) is 0 Å². The molecular weight excluding hydrogens is 822 g/mol. The van der Waals surface area contributed by atoms with Crippen molar-refractivity contribution >= 4 is 27.7 Å². The van der Waals surface area contributed by atoms with E-state index in [1.807, 2.05) is 18.3 Å². The third-order valence-corrected chi connectivity index (χ3v) is 10.0. The molecule has 1 aliphatic rings. The van der Waals surface area contributed by atoms with Crippen molar-refractivity contribution < 1.29 is 30.5 Å². The second-order valence-corrected chi connectivity index (χ2v) is 17.2. The first kappa shape index (κ1) is 37.5. The second kappa shape index (κ2) is 13.6. The molecule has 0 unspecified atom stereocenters. The molecule has 0 bridgehead atoms. The molecule has 0 amide bonds. The number of aliphatic imine (C=N–C) groups is 1. The van der Waals surface area contributed by atoms with Crippen molar-refractivity contribution in [1.29, 1.82) is 0 Å². The zero-order chi connectivity index (χ0) is 36.5. The molecule has 0 N–H and O–H groups in total. The van der Waals surface area contributed by atoms with Crippen LogP contribution in [0.1, 0.15) is 102 Å². The molecule has 6 aromatic rings. The summed E-state index contributed by atoms with van der Waals surface area (Å²) in [5.41, 5.74) is 8.35. The number of aromatic nitrogens is 2. The van der Waals surface area contributed by atoms with Gasteiger partial charge in [0, 0.05) is 23.2 Å². The molecule has 52 heavy (non-hydrogen) atoms. The van der Waals surface area contributed by atoms with Gasteiger partial charge in [0.15, 0.2) is 0 Å². The second-order valence-electron chi connectivity index (χ2n) is 17.2. The first-order valence-electron chi connectivity index (χ1n) is 18.0. The van der Waals surface area contributed by atoms with Crippen LogP contribution in [0.3, 0.4) is 0 Å². The Bertz CT molecular complexity index is 2300. The molecule has 2 aromatic heterocycles. The molecule has 1 aliphatic heterocycles. The summed E-state index contributed by atoms with van der Waals surface area (Å²) in [6.45, 7) is 24.2. The average molecular weight is 871 g/mol. The van der Waals surface area contributed by atoms with Crippen molar-refractivity contribution in [3.8, 4) is 17.3 Å². The first-order valence-corrected chi connectivity index (χ1v) is 18.0. The molecular formula is C46H49N3O2Pt. The number of benzene rings is 4. The molecule has 5 nitrogen and oxygen atoms in total. The Balaban J connectivity index is 0.00000464. The number of ether oxygens (including phenoxy) is 2. The fraction of sp³-hybridized carbons (Fsp3) is 0.348. The van der Waals surface area contributed by atoms with E-state index in [1.54, 1.807) is 0 Å². The minimum Gasteiger partial charge on any atom is -0.510 e. The molecule has 0 aliphatic carbocycles. The van der Waals surface area contributed by atoms with Crippen LogP contribution in [0.5, 0.6) is 11.5 Å². The van der Waals surface area contributed by atoms with Crippen LogP contribution < -0.4 is 4.74 Å². The standard InChI is InChI=1S/C46H49N3O2.Pt/c1-28-23-29(2)39(27-35(28)43-48-42(46(9,10)11)41(51-43)30-15-13-12-14-16-30)50-33-18-19-34-36-24-31(44(3,4)5)17-20-37(36)49(38(34)26-33)40-25-32(21-22-47-40)45(6,7)8;/h12-25,41-42H,1-11H3;/q-2;+2/t41-,42-;/m0./s1. The maximum Gasteiger partial charge on any atom is 2.00 e. The van der Waals surface area contributed by atoms with Gasteiger partial charge in [-0.15, -0.1) is 29.1 Å². The van der Waals surface area contributed by atoms with Crippen molar-refractivity contribution in [3.05, 3.63) is 131 Å². The fourth-order valence-corrected chi connectivity index (χ4v) is 6.98. The van der Waals surface area contributed by atoms with E-state index in [2.05, 4.69) is 160 Å². The summed E-state index contributed by atoms with van der Waals surface area (Å²) in [6.07, 6.45) is 1.73. The van der Waals surface area contributed by atoms with Crippen molar-refractivity contribution in [2.75, 3.05) is 0 Å². The van der Waals surface area contributed by atoms with Gasteiger partial charge in [0.2, 0.25) is 0 Å². The van der Waals surface area contributed by atoms with E-state index >= 15 is 0 Å². The predicted octanol–water partition coefficient (Wildman–Crippen LogP) is 11.7. The summed E-state index contributed by atoms with van der Waals surface area (Å²) < 4.78 is 15.5. The smallest absolute Gasteiger partial charge is 0.510 e. The minimum absolute atomic E-state index is 0. The van der Waals surface area contributed by atoms with Gasteiger partial charge in [0.1, 0.15) is 17.8 Å². The molecule has 4 aromatic carbocycles. The molecule has 7 rings (SSSR count). The summed E-state index contributed by atoms with van der Waals surface area (Å²) in [4.78, 5) is 10.1. The largest absolute Gasteiger partial charge is 2.00 e. The topological polar surface area (TPSA) is 48.6 Å². The van der Waals surface area contributed by atoms with Gasteiger partial charge in [0.05, 0.1) is 6.04 Å². The van der Waals surface area contributed by atoms with Crippen LogP contribution in [-0.2, 0) is 36.6 Å². The Hall–Kier alpha value is -4.21. The Morgan fingerprint density at radius 3 is 2.10 bits per heavy atom. The van der Waals surface area contributed by atoms with Crippen molar-refractivity contribution in [3.63, 3.8) is 0 Å². The normalized spacial score (nSPS) is 16.5. The molecule has 2 atom stereocenters. The van der Waals surface area contributed by atoms with E-state index in [0.717, 1.165) is 44.5 Å². The van der Waals surface area contributed by atoms with Crippen LogP contribution in [0.4, 0.5) is 0 Å². The van der Waals surface area contributed by atoms with Gasteiger partial charge < -0.3 is 14.0 Å². The number of rotatable bonds is 5. The van der Waals surface area contributed by atoms with E-state index < -0.39 is 0 Å². The van der Waals surface area contributed by atoms with Gasteiger partial charge in [-0.3, -0.25) is 4.99 Å². The van der Waals surface area contributed by atoms with Crippen LogP contribution in [0.2, 0.25) is 0 Å². The quantitative estimate of drug-likeness (QED) is 0.162. The first-order chi connectivity index (χ1) is 24.0. The zero-order valence-electron chi connectivity index (χ0n) is 32.2. The van der Waals surface area contributed by atoms with Gasteiger partial charge in [-0.2, -0.15) is 6.07 Å². The van der Waals surface area contributed by atoms with E-state index in [9.17, 15) is 0 Å². The van der Waals surface area contributed by atoms with Crippen LogP contribution in [0.25, 0.3) is 27.6 Å². The van der Waals surface area contributed by atoms with E-state index in [4.69, 9.17) is 19.5 Å². The Morgan fingerprint density at radius 1 is 0.731 bits per heavy atom. The average Bonchev–Trinajstić information content (AvgIpc) is 3.66. The summed E-state index contributed by atoms with van der Waals surface area (Å²) >= 11 is 0. The fourth-order valence-electron chi connectivity index (χ4n) is 6.98. The molecule has 0 saturated carbocycles. The molecule has 270 valence electrons. The van der Waals surface area contributed by atoms with Crippen molar-refractivity contribution in [2.45, 2.75) is 99.1 Å². The third kappa shape index (κ3) is 7.09. The van der Waals surface area contributed by atoms with Crippen LogP contribution in [0.15, 0.2) is 90.1 Å².